The molecular formula is C17H23N7O2. The lowest BCUT2D eigenvalue weighted by atomic mass is 10.3. The molecule has 1 aromatic carbocycles. The number of carbonyl (C=O) groups excluding carboxylic acids is 1. The first kappa shape index (κ1) is 16.1. The summed E-state index contributed by atoms with van der Waals surface area (Å²) in [6, 6.07) is 7.75. The topological polar surface area (TPSA) is 113 Å². The monoisotopic (exact) mass is 357 g/mol. The van der Waals surface area contributed by atoms with Crippen LogP contribution in [0.2, 0.25) is 0 Å². The number of carbonyl (C=O) groups is 1. The number of hydrogen-bond donors (Lipinski definition) is 2. The van der Waals surface area contributed by atoms with Crippen LogP contribution in [0.25, 0.3) is 22.6 Å². The molecule has 0 unspecified atom stereocenters. The highest BCUT2D eigenvalue weighted by Gasteiger charge is 2.23. The van der Waals surface area contributed by atoms with E-state index in [0.717, 1.165) is 11.0 Å². The van der Waals surface area contributed by atoms with Gasteiger partial charge in [-0.2, -0.15) is 0 Å². The standard InChI is InChI=1S/C17H19N7O2.2H2/c1-26-17(25)24-8-6-23(7-9-24)13-10-19-15(18)14(22-13)16-20-11-4-2-3-5-12(11)21-16;;/h2-5,10H,6-9H2,1H3,(H2,18,19)(H,20,21);2*1H. The second kappa shape index (κ2) is 6.51. The second-order valence-electron chi connectivity index (χ2n) is 6.01. The van der Waals surface area contributed by atoms with Crippen LogP contribution in [0.4, 0.5) is 16.4 Å². The van der Waals surface area contributed by atoms with E-state index in [1.54, 1.807) is 11.1 Å². The molecule has 3 heterocycles. The molecule has 0 saturated carbocycles. The molecule has 4 rings (SSSR count). The average molecular weight is 357 g/mol. The molecule has 1 aliphatic rings. The number of piperazine rings is 1. The Labute approximate surface area is 152 Å². The van der Waals surface area contributed by atoms with E-state index in [1.807, 2.05) is 24.3 Å². The zero-order chi connectivity index (χ0) is 18.1. The molecule has 1 fully saturated rings. The van der Waals surface area contributed by atoms with Crippen LogP contribution in [0, 0.1) is 0 Å². The van der Waals surface area contributed by atoms with E-state index in [2.05, 4.69) is 24.8 Å². The van der Waals surface area contributed by atoms with E-state index in [0.29, 0.717) is 49.3 Å². The summed E-state index contributed by atoms with van der Waals surface area (Å²) in [5.41, 5.74) is 8.32. The fourth-order valence-corrected chi connectivity index (χ4v) is 3.03. The van der Waals surface area contributed by atoms with Crippen LogP contribution in [-0.4, -0.2) is 64.2 Å². The molecule has 9 nitrogen and oxygen atoms in total. The van der Waals surface area contributed by atoms with Crippen molar-refractivity contribution in [3.05, 3.63) is 30.5 Å². The molecule has 0 spiro atoms. The molecule has 1 aliphatic heterocycles. The summed E-state index contributed by atoms with van der Waals surface area (Å²) >= 11 is 0. The largest absolute Gasteiger partial charge is 0.453 e. The van der Waals surface area contributed by atoms with Crippen LogP contribution in [0.5, 0.6) is 0 Å². The maximum Gasteiger partial charge on any atom is 0.409 e. The first-order valence-electron chi connectivity index (χ1n) is 8.31. The van der Waals surface area contributed by atoms with E-state index in [4.69, 9.17) is 10.5 Å². The minimum Gasteiger partial charge on any atom is -0.453 e. The summed E-state index contributed by atoms with van der Waals surface area (Å²) in [7, 11) is 1.39. The highest BCUT2D eigenvalue weighted by atomic mass is 16.5. The Morgan fingerprint density at radius 3 is 2.73 bits per heavy atom. The molecule has 0 radical (unpaired) electrons. The maximum absolute atomic E-state index is 11.6. The Hall–Kier alpha value is -3.36. The minimum atomic E-state index is -0.309. The predicted molar refractivity (Wildman–Crippen MR) is 102 cm³/mol. The highest BCUT2D eigenvalue weighted by Crippen LogP contribution is 2.25. The van der Waals surface area contributed by atoms with Crippen molar-refractivity contribution < 1.29 is 12.4 Å². The summed E-state index contributed by atoms with van der Waals surface area (Å²) in [6.07, 6.45) is 1.34. The van der Waals surface area contributed by atoms with Crippen LogP contribution in [-0.2, 0) is 4.74 Å². The molecule has 26 heavy (non-hydrogen) atoms. The number of H-pyrrole nitrogens is 1. The molecule has 0 bridgehead atoms. The lowest BCUT2D eigenvalue weighted by Crippen LogP contribution is -2.49. The van der Waals surface area contributed by atoms with Crippen LogP contribution >= 0.6 is 0 Å². The number of ether oxygens (including phenoxy) is 1. The number of amides is 1. The number of fused-ring (bicyclic) bond motifs is 1. The number of para-hydroxylation sites is 2. The van der Waals surface area contributed by atoms with Gasteiger partial charge in [0.15, 0.2) is 17.3 Å². The smallest absolute Gasteiger partial charge is 0.409 e. The number of nitrogens with two attached hydrogens (primary N) is 1. The molecule has 0 atom stereocenters. The van der Waals surface area contributed by atoms with Crippen molar-refractivity contribution in [2.45, 2.75) is 0 Å². The van der Waals surface area contributed by atoms with E-state index in [9.17, 15) is 4.79 Å². The first-order valence-corrected chi connectivity index (χ1v) is 8.31. The van der Waals surface area contributed by atoms with Gasteiger partial charge < -0.3 is 25.3 Å². The number of methoxy groups -OCH3 is 1. The van der Waals surface area contributed by atoms with Crippen LogP contribution in [0.15, 0.2) is 30.5 Å². The van der Waals surface area contributed by atoms with Crippen molar-refractivity contribution in [1.29, 1.82) is 0 Å². The quantitative estimate of drug-likeness (QED) is 0.721. The third-order valence-electron chi connectivity index (χ3n) is 4.44. The molecule has 1 saturated heterocycles. The summed E-state index contributed by atoms with van der Waals surface area (Å²) in [4.78, 5) is 32.1. The molecule has 0 aliphatic carbocycles. The molecule has 9 heteroatoms. The van der Waals surface area contributed by atoms with Crippen molar-refractivity contribution in [1.82, 2.24) is 24.8 Å². The first-order chi connectivity index (χ1) is 12.7. The second-order valence-corrected chi connectivity index (χ2v) is 6.01. The molecule has 3 aromatic rings. The van der Waals surface area contributed by atoms with Crippen LogP contribution in [0.3, 0.4) is 0 Å². The Bertz CT molecular complexity index is 925. The number of benzene rings is 1. The number of hydrogen-bond acceptors (Lipinski definition) is 7. The molecule has 138 valence electrons. The number of nitrogens with one attached hydrogen (secondary N) is 1. The maximum atomic E-state index is 11.6. The Morgan fingerprint density at radius 2 is 2.00 bits per heavy atom. The van der Waals surface area contributed by atoms with Gasteiger partial charge in [-0.3, -0.25) is 0 Å². The third-order valence-corrected chi connectivity index (χ3v) is 4.44. The van der Waals surface area contributed by atoms with E-state index in [-0.39, 0.29) is 8.95 Å². The van der Waals surface area contributed by atoms with E-state index >= 15 is 0 Å². The van der Waals surface area contributed by atoms with Gasteiger partial charge in [0.05, 0.1) is 24.3 Å². The Balaban J connectivity index is 0.00000140. The van der Waals surface area contributed by atoms with Gasteiger partial charge in [-0.25, -0.2) is 19.7 Å². The van der Waals surface area contributed by atoms with Crippen molar-refractivity contribution in [2.75, 3.05) is 43.9 Å². The lowest BCUT2D eigenvalue weighted by molar-refractivity contribution is 0.121. The third kappa shape index (κ3) is 2.87. The Morgan fingerprint density at radius 1 is 1.23 bits per heavy atom. The van der Waals surface area contributed by atoms with Gasteiger partial charge in [-0.15, -0.1) is 0 Å². The average Bonchev–Trinajstić information content (AvgIpc) is 3.12. The highest BCUT2D eigenvalue weighted by molar-refractivity contribution is 5.80. The number of nitrogens with zero attached hydrogens (tertiary/aromatic N) is 5. The van der Waals surface area contributed by atoms with E-state index in [1.165, 1.54) is 7.11 Å². The lowest BCUT2D eigenvalue weighted by Gasteiger charge is -2.34. The Kier molecular flexibility index (Phi) is 4.04. The number of imidazole rings is 1. The van der Waals surface area contributed by atoms with Gasteiger partial charge in [0.2, 0.25) is 0 Å². The van der Waals surface area contributed by atoms with Crippen molar-refractivity contribution >= 4 is 28.8 Å². The number of aromatic amines is 1. The normalized spacial score (nSPS) is 14.7. The van der Waals surface area contributed by atoms with Crippen molar-refractivity contribution in [3.8, 4) is 11.5 Å². The number of nitrogen functional groups attached to an aromatic ring is 1. The molecular weight excluding hydrogens is 334 g/mol. The molecule has 3 N–H and O–H groups in total. The fraction of sp³-hybridized carbons (Fsp3) is 0.294. The van der Waals surface area contributed by atoms with Crippen LogP contribution < -0.4 is 10.6 Å². The fourth-order valence-electron chi connectivity index (χ4n) is 3.03. The SMILES string of the molecule is COC(=O)N1CCN(c2cnc(N)c(-c3nc4ccccc4[nH]3)n2)CC1.[HH].[HH]. The summed E-state index contributed by atoms with van der Waals surface area (Å²) in [6.45, 7) is 2.43. The molecule has 2 aromatic heterocycles. The van der Waals surface area contributed by atoms with Gasteiger partial charge in [0.25, 0.3) is 0 Å². The molecule has 1 amide bonds. The van der Waals surface area contributed by atoms with Crippen molar-refractivity contribution in [2.24, 2.45) is 0 Å². The van der Waals surface area contributed by atoms with Gasteiger partial charge >= 0.3 is 6.09 Å². The number of aromatic nitrogens is 4. The zero-order valence-corrected chi connectivity index (χ0v) is 14.3. The van der Waals surface area contributed by atoms with Crippen molar-refractivity contribution in [3.63, 3.8) is 0 Å². The number of rotatable bonds is 2. The summed E-state index contributed by atoms with van der Waals surface area (Å²) in [5.74, 6) is 1.62. The van der Waals surface area contributed by atoms with Gasteiger partial charge in [-0.1, -0.05) is 12.1 Å². The van der Waals surface area contributed by atoms with Gasteiger partial charge in [0.1, 0.15) is 5.82 Å². The van der Waals surface area contributed by atoms with E-state index < -0.39 is 0 Å². The summed E-state index contributed by atoms with van der Waals surface area (Å²) < 4.78 is 4.76. The van der Waals surface area contributed by atoms with Crippen LogP contribution in [0.1, 0.15) is 2.85 Å². The zero-order valence-electron chi connectivity index (χ0n) is 14.3. The predicted octanol–water partition coefficient (Wildman–Crippen LogP) is 1.98. The van der Waals surface area contributed by atoms with Gasteiger partial charge in [-0.05, 0) is 12.1 Å². The number of anilines is 2. The van der Waals surface area contributed by atoms with Gasteiger partial charge in [0, 0.05) is 29.0 Å². The summed E-state index contributed by atoms with van der Waals surface area (Å²) in [5, 5.41) is 0. The minimum absolute atomic E-state index is 0.